The van der Waals surface area contributed by atoms with Crippen LogP contribution in [0.5, 0.6) is 11.5 Å². The van der Waals surface area contributed by atoms with E-state index < -0.39 is 34.0 Å². The van der Waals surface area contributed by atoms with Crippen LogP contribution in [0, 0.1) is 5.41 Å². The number of carbonyl (C=O) groups is 1. The zero-order valence-corrected chi connectivity index (χ0v) is 16.7. The monoisotopic (exact) mass is 412 g/mol. The minimum atomic E-state index is -2.10. The van der Waals surface area contributed by atoms with Crippen LogP contribution in [0.4, 0.5) is 5.69 Å². The van der Waals surface area contributed by atoms with Gasteiger partial charge in [0.05, 0.1) is 18.3 Å². The highest BCUT2D eigenvalue weighted by molar-refractivity contribution is 5.90. The highest BCUT2D eigenvalue weighted by atomic mass is 16.7. The maximum Gasteiger partial charge on any atom is 0.343 e. The van der Waals surface area contributed by atoms with Crippen molar-refractivity contribution < 1.29 is 29.2 Å². The van der Waals surface area contributed by atoms with Crippen LogP contribution in [-0.2, 0) is 14.9 Å². The highest BCUT2D eigenvalue weighted by Crippen LogP contribution is 2.75. The zero-order valence-electron chi connectivity index (χ0n) is 16.7. The molecule has 2 unspecified atom stereocenters. The lowest BCUT2D eigenvalue weighted by atomic mass is 9.37. The summed E-state index contributed by atoms with van der Waals surface area (Å²) in [6.07, 6.45) is 4.81. The summed E-state index contributed by atoms with van der Waals surface area (Å²) < 4.78 is 16.5. The van der Waals surface area contributed by atoms with Crippen molar-refractivity contribution in [3.05, 3.63) is 29.8 Å². The number of fused-ring (bicyclic) bond motifs is 5. The Labute approximate surface area is 173 Å². The van der Waals surface area contributed by atoms with Crippen molar-refractivity contribution in [1.82, 2.24) is 4.90 Å². The van der Waals surface area contributed by atoms with E-state index in [1.165, 1.54) is 7.11 Å². The maximum atomic E-state index is 13.2. The van der Waals surface area contributed by atoms with E-state index in [0.717, 1.165) is 30.8 Å². The molecular weight excluding hydrogens is 388 g/mol. The molecule has 8 heteroatoms. The molecule has 1 saturated heterocycles. The van der Waals surface area contributed by atoms with Crippen LogP contribution in [0.3, 0.4) is 0 Å². The molecule has 4 aliphatic heterocycles. The molecule has 1 aromatic carbocycles. The molecular formula is C22H24N2O6. The number of anilines is 1. The van der Waals surface area contributed by atoms with E-state index in [9.17, 15) is 15.0 Å². The number of esters is 1. The van der Waals surface area contributed by atoms with Gasteiger partial charge >= 0.3 is 5.97 Å². The summed E-state index contributed by atoms with van der Waals surface area (Å²) in [6, 6.07) is 3.93. The van der Waals surface area contributed by atoms with E-state index in [-0.39, 0.29) is 12.8 Å². The molecule has 0 aromatic heterocycles. The van der Waals surface area contributed by atoms with Gasteiger partial charge in [-0.3, -0.25) is 4.90 Å². The van der Waals surface area contributed by atoms with Gasteiger partial charge in [-0.1, -0.05) is 18.2 Å². The van der Waals surface area contributed by atoms with E-state index in [1.807, 2.05) is 18.2 Å². The zero-order chi connectivity index (χ0) is 20.5. The van der Waals surface area contributed by atoms with Gasteiger partial charge in [0.15, 0.2) is 11.5 Å². The van der Waals surface area contributed by atoms with Gasteiger partial charge in [0, 0.05) is 23.4 Å². The molecule has 30 heavy (non-hydrogen) atoms. The number of rotatable bonds is 1. The molecule has 7 aliphatic rings. The average molecular weight is 412 g/mol. The molecule has 3 spiro atoms. The van der Waals surface area contributed by atoms with Crippen molar-refractivity contribution in [2.24, 2.45) is 5.41 Å². The summed E-state index contributed by atoms with van der Waals surface area (Å²) in [6.45, 7) is 1.77. The molecule has 8 rings (SSSR count). The second-order valence-electron chi connectivity index (χ2n) is 9.55. The largest absolute Gasteiger partial charge is 0.467 e. The van der Waals surface area contributed by atoms with E-state index in [1.54, 1.807) is 0 Å². The Morgan fingerprint density at radius 1 is 1.30 bits per heavy atom. The lowest BCUT2D eigenvalue weighted by Gasteiger charge is -2.71. The molecule has 4 fully saturated rings. The standard InChI is InChI=1S/C22H24N2O6/c1-28-18(26)22(27)17(25)19-5-2-9-24-10-8-20(16(19)24)12-3-4-13-15(30-11-29-13)14(12)23-21(20,22)7-6-19/h2-5,16-17,23,25,27H,6-11H2,1H3/t16-,17+,19?,20+,21?,22+/m0/s1. The predicted octanol–water partition coefficient (Wildman–Crippen LogP) is 0.520. The summed E-state index contributed by atoms with van der Waals surface area (Å²) >= 11 is 0. The van der Waals surface area contributed by atoms with Gasteiger partial charge < -0.3 is 29.7 Å². The Bertz CT molecular complexity index is 1040. The van der Waals surface area contributed by atoms with Crippen LogP contribution < -0.4 is 14.8 Å². The van der Waals surface area contributed by atoms with Crippen molar-refractivity contribution in [2.45, 2.75) is 48.0 Å². The lowest BCUT2D eigenvalue weighted by molar-refractivity contribution is -0.258. The van der Waals surface area contributed by atoms with Crippen LogP contribution >= 0.6 is 0 Å². The van der Waals surface area contributed by atoms with Crippen molar-refractivity contribution in [3.63, 3.8) is 0 Å². The number of nitrogens with one attached hydrogen (secondary N) is 1. The second-order valence-corrected chi connectivity index (χ2v) is 9.55. The van der Waals surface area contributed by atoms with Gasteiger partial charge in [0.2, 0.25) is 12.4 Å². The van der Waals surface area contributed by atoms with Crippen molar-refractivity contribution in [2.75, 3.05) is 32.3 Å². The third-order valence-corrected chi connectivity index (χ3v) is 9.01. The minimum absolute atomic E-state index is 0.0298. The molecule has 3 aliphatic carbocycles. The number of nitrogens with zero attached hydrogens (tertiary/aromatic N) is 1. The van der Waals surface area contributed by atoms with Gasteiger partial charge in [-0.05, 0) is 37.4 Å². The number of hydrogen-bond acceptors (Lipinski definition) is 8. The molecule has 3 N–H and O–H groups in total. The van der Waals surface area contributed by atoms with Crippen LogP contribution in [0.1, 0.15) is 24.8 Å². The summed E-state index contributed by atoms with van der Waals surface area (Å²) in [5.74, 6) is 0.477. The number of methoxy groups -OCH3 is 1. The molecule has 0 amide bonds. The smallest absolute Gasteiger partial charge is 0.343 e. The SMILES string of the molecule is COC(=O)[C@]1(O)[C@H](O)C23C=CCN4CC[C@@]5(c6ccc7c(c6NC15CC2)OCO7)[C@@H]43. The molecule has 4 heterocycles. The molecule has 1 aromatic rings. The van der Waals surface area contributed by atoms with Gasteiger partial charge in [0.25, 0.3) is 0 Å². The quantitative estimate of drug-likeness (QED) is 0.454. The first-order chi connectivity index (χ1) is 14.5. The van der Waals surface area contributed by atoms with Gasteiger partial charge in [-0.15, -0.1) is 0 Å². The van der Waals surface area contributed by atoms with Crippen LogP contribution in [0.25, 0.3) is 0 Å². The fourth-order valence-corrected chi connectivity index (χ4v) is 8.12. The Morgan fingerprint density at radius 2 is 2.17 bits per heavy atom. The molecule has 6 atom stereocenters. The van der Waals surface area contributed by atoms with Crippen molar-refractivity contribution in [3.8, 4) is 11.5 Å². The number of ether oxygens (including phenoxy) is 3. The fourth-order valence-electron chi connectivity index (χ4n) is 8.12. The Kier molecular flexibility index (Phi) is 2.87. The third kappa shape index (κ3) is 1.40. The van der Waals surface area contributed by atoms with Crippen LogP contribution in [-0.4, -0.2) is 71.4 Å². The minimum Gasteiger partial charge on any atom is -0.467 e. The van der Waals surface area contributed by atoms with Crippen molar-refractivity contribution in [1.29, 1.82) is 0 Å². The summed E-state index contributed by atoms with van der Waals surface area (Å²) in [7, 11) is 1.27. The average Bonchev–Trinajstić information content (AvgIpc) is 3.47. The number of aliphatic hydroxyl groups is 2. The Balaban J connectivity index is 1.59. The first-order valence-electron chi connectivity index (χ1n) is 10.6. The van der Waals surface area contributed by atoms with Crippen LogP contribution in [0.15, 0.2) is 24.3 Å². The van der Waals surface area contributed by atoms with E-state index in [2.05, 4.69) is 16.3 Å². The predicted molar refractivity (Wildman–Crippen MR) is 104 cm³/mol. The summed E-state index contributed by atoms with van der Waals surface area (Å²) in [5.41, 5.74) is -2.67. The van der Waals surface area contributed by atoms with Gasteiger partial charge in [-0.25, -0.2) is 4.79 Å². The Hall–Kier alpha value is -2.29. The van der Waals surface area contributed by atoms with E-state index >= 15 is 0 Å². The normalized spacial score (nSPS) is 46.2. The first kappa shape index (κ1) is 17.4. The lowest BCUT2D eigenvalue weighted by Crippen LogP contribution is -2.88. The van der Waals surface area contributed by atoms with Crippen LogP contribution in [0.2, 0.25) is 0 Å². The molecule has 0 radical (unpaired) electrons. The molecule has 158 valence electrons. The van der Waals surface area contributed by atoms with Gasteiger partial charge in [-0.2, -0.15) is 0 Å². The van der Waals surface area contributed by atoms with Crippen molar-refractivity contribution >= 4 is 11.7 Å². The third-order valence-electron chi connectivity index (χ3n) is 9.01. The fraction of sp³-hybridized carbons (Fsp3) is 0.591. The molecule has 2 bridgehead atoms. The highest BCUT2D eigenvalue weighted by Gasteiger charge is 2.87. The maximum absolute atomic E-state index is 13.2. The van der Waals surface area contributed by atoms with Gasteiger partial charge in [0.1, 0.15) is 6.10 Å². The Morgan fingerprint density at radius 3 is 3.00 bits per heavy atom. The summed E-state index contributed by atoms with van der Waals surface area (Å²) in [5, 5.41) is 27.3. The number of aliphatic hydroxyl groups excluding tert-OH is 1. The molecule has 8 nitrogen and oxygen atoms in total. The first-order valence-corrected chi connectivity index (χ1v) is 10.6. The number of benzene rings is 1. The number of carbonyl (C=O) groups excluding carboxylic acids is 1. The topological polar surface area (TPSA) is 100 Å². The van der Waals surface area contributed by atoms with E-state index in [4.69, 9.17) is 14.2 Å². The summed E-state index contributed by atoms with van der Waals surface area (Å²) in [4.78, 5) is 15.6. The number of hydrogen-bond donors (Lipinski definition) is 3. The van der Waals surface area contributed by atoms with E-state index in [0.29, 0.717) is 24.3 Å². The molecule has 3 saturated carbocycles. The second kappa shape index (κ2) is 4.95.